The molecule has 0 bridgehead atoms. The van der Waals surface area contributed by atoms with Crippen LogP contribution in [-0.2, 0) is 38.1 Å². The highest BCUT2D eigenvalue weighted by molar-refractivity contribution is 5.88. The molecule has 0 atom stereocenters. The van der Waals surface area contributed by atoms with Crippen molar-refractivity contribution in [2.75, 3.05) is 0 Å². The van der Waals surface area contributed by atoms with E-state index in [2.05, 4.69) is 26.3 Å². The number of rotatable bonds is 18. The number of ether oxygens (including phenoxy) is 8. The number of benzene rings is 2. The highest BCUT2D eigenvalue weighted by atomic mass is 16.6. The Hall–Kier alpha value is -6.82. The molecule has 0 saturated heterocycles. The van der Waals surface area contributed by atoms with Gasteiger partial charge in [0.25, 0.3) is 0 Å². The summed E-state index contributed by atoms with van der Waals surface area (Å²) in [6, 6.07) is 9.71. The Morgan fingerprint density at radius 3 is 0.820 bits per heavy atom. The van der Waals surface area contributed by atoms with Crippen LogP contribution in [0.3, 0.4) is 0 Å². The van der Waals surface area contributed by atoms with Gasteiger partial charge in [0.15, 0.2) is 0 Å². The molecule has 0 aliphatic heterocycles. The molecule has 50 heavy (non-hydrogen) atoms. The van der Waals surface area contributed by atoms with Gasteiger partial charge in [0.2, 0.25) is 0 Å². The Kier molecular flexibility index (Phi) is 16.1. The lowest BCUT2D eigenvalue weighted by molar-refractivity contribution is -0.134. The monoisotopic (exact) mass is 684 g/mol. The molecule has 0 unspecified atom stereocenters. The second-order valence-electron chi connectivity index (χ2n) is 10.1. The molecule has 0 aliphatic carbocycles. The highest BCUT2D eigenvalue weighted by Gasteiger charge is 2.06. The minimum Gasteiger partial charge on any atom is -0.462 e. The zero-order valence-corrected chi connectivity index (χ0v) is 28.0. The Labute approximate surface area is 289 Å². The molecule has 0 saturated carbocycles. The number of esters is 4. The summed E-state index contributed by atoms with van der Waals surface area (Å²) in [5.74, 6) is -1.32. The molecule has 12 nitrogen and oxygen atoms in total. The maximum absolute atomic E-state index is 11.6. The maximum Gasteiger partial charge on any atom is 0.338 e. The first-order chi connectivity index (χ1) is 23.7. The van der Waals surface area contributed by atoms with Crippen molar-refractivity contribution in [2.45, 2.75) is 27.7 Å². The van der Waals surface area contributed by atoms with Crippen molar-refractivity contribution >= 4 is 36.0 Å². The first kappa shape index (κ1) is 39.4. The lowest BCUT2D eigenvalue weighted by Gasteiger charge is -2.08. The van der Waals surface area contributed by atoms with Gasteiger partial charge in [-0.15, -0.1) is 0 Å². The maximum atomic E-state index is 11.6. The van der Waals surface area contributed by atoms with Gasteiger partial charge < -0.3 is 37.9 Å². The average molecular weight is 685 g/mol. The van der Waals surface area contributed by atoms with Crippen LogP contribution in [0.2, 0.25) is 0 Å². The fraction of sp³-hybridized carbons (Fsp3) is 0.105. The first-order valence-corrected chi connectivity index (χ1v) is 14.5. The highest BCUT2D eigenvalue weighted by Crippen LogP contribution is 2.28. The van der Waals surface area contributed by atoms with Gasteiger partial charge in [0, 0.05) is 34.4 Å². The summed E-state index contributed by atoms with van der Waals surface area (Å²) >= 11 is 0. The number of carbonyl (C=O) groups is 4. The second kappa shape index (κ2) is 20.4. The van der Waals surface area contributed by atoms with E-state index in [1.165, 1.54) is 39.8 Å². The predicted molar refractivity (Wildman–Crippen MR) is 185 cm³/mol. The molecule has 12 heteroatoms. The number of hydrogen-bond acceptors (Lipinski definition) is 12. The van der Waals surface area contributed by atoms with Crippen LogP contribution in [0.1, 0.15) is 38.8 Å². The van der Waals surface area contributed by atoms with Gasteiger partial charge >= 0.3 is 23.9 Å². The summed E-state index contributed by atoms with van der Waals surface area (Å²) < 4.78 is 42.0. The molecule has 2 aromatic rings. The van der Waals surface area contributed by atoms with Gasteiger partial charge in [0.1, 0.15) is 73.1 Å². The van der Waals surface area contributed by atoms with E-state index in [1.54, 1.807) is 36.4 Å². The molecule has 2 rings (SSSR count). The summed E-state index contributed by atoms with van der Waals surface area (Å²) in [4.78, 5) is 46.6. The van der Waals surface area contributed by atoms with Crippen LogP contribution < -0.4 is 18.9 Å². The molecule has 0 aliphatic rings. The van der Waals surface area contributed by atoms with E-state index in [0.29, 0.717) is 34.1 Å². The molecule has 2 aromatic carbocycles. The topological polar surface area (TPSA) is 142 Å². The van der Waals surface area contributed by atoms with Crippen LogP contribution in [0, 0.1) is 0 Å². The molecular formula is C38H36O12. The third-order valence-corrected chi connectivity index (χ3v) is 5.41. The van der Waals surface area contributed by atoms with Crippen LogP contribution in [0.15, 0.2) is 135 Å². The van der Waals surface area contributed by atoms with Crippen LogP contribution in [0.25, 0.3) is 12.2 Å². The van der Waals surface area contributed by atoms with Gasteiger partial charge in [-0.1, -0.05) is 38.5 Å². The van der Waals surface area contributed by atoms with E-state index in [4.69, 9.17) is 37.9 Å². The van der Waals surface area contributed by atoms with Crippen molar-refractivity contribution in [3.63, 3.8) is 0 Å². The molecular weight excluding hydrogens is 648 g/mol. The van der Waals surface area contributed by atoms with Crippen molar-refractivity contribution in [1.82, 2.24) is 0 Å². The largest absolute Gasteiger partial charge is 0.462 e. The zero-order valence-electron chi connectivity index (χ0n) is 28.0. The van der Waals surface area contributed by atoms with Crippen molar-refractivity contribution in [3.05, 3.63) is 146 Å². The van der Waals surface area contributed by atoms with Gasteiger partial charge in [-0.2, -0.15) is 0 Å². The minimum atomic E-state index is -0.624. The van der Waals surface area contributed by atoms with Crippen molar-refractivity contribution < 1.29 is 57.1 Å². The summed E-state index contributed by atoms with van der Waals surface area (Å²) in [5, 5.41) is 0. The zero-order chi connectivity index (χ0) is 37.1. The number of carbonyl (C=O) groups excluding carboxylic acids is 4. The molecule has 0 spiro atoms. The quantitative estimate of drug-likeness (QED) is 0.0498. The van der Waals surface area contributed by atoms with Crippen LogP contribution in [-0.4, -0.2) is 23.9 Å². The Morgan fingerprint density at radius 2 is 0.620 bits per heavy atom. The Morgan fingerprint density at radius 1 is 0.400 bits per heavy atom. The smallest absolute Gasteiger partial charge is 0.338 e. The second-order valence-corrected chi connectivity index (χ2v) is 10.1. The van der Waals surface area contributed by atoms with E-state index < -0.39 is 23.9 Å². The fourth-order valence-corrected chi connectivity index (χ4v) is 3.03. The summed E-state index contributed by atoms with van der Waals surface area (Å²) in [7, 11) is 0. The normalized spacial score (nSPS) is 11.0. The molecule has 0 heterocycles. The molecule has 0 amide bonds. The third-order valence-electron chi connectivity index (χ3n) is 5.41. The third kappa shape index (κ3) is 15.2. The van der Waals surface area contributed by atoms with Crippen molar-refractivity contribution in [3.8, 4) is 23.0 Å². The standard InChI is InChI=1S/C38H36O12/c1-25(2)35(39)47-15-11-43-31-19-29(20-32(23-31)44-12-16-48-36(40)26(3)4)9-10-30-21-33(45-13-17-49-37(41)27(5)6)24-34(22-30)46-14-18-50-38(42)28(7)8/h9-24H,1,3,5,7H2,2,4,6,8H3. The van der Waals surface area contributed by atoms with Crippen molar-refractivity contribution in [2.24, 2.45) is 0 Å². The van der Waals surface area contributed by atoms with Gasteiger partial charge in [-0.25, -0.2) is 19.2 Å². The summed E-state index contributed by atoms with van der Waals surface area (Å²) in [5.41, 5.74) is 2.02. The molecule has 0 radical (unpaired) electrons. The van der Waals surface area contributed by atoms with E-state index in [9.17, 15) is 19.2 Å². The van der Waals surface area contributed by atoms with Crippen LogP contribution >= 0.6 is 0 Å². The summed E-state index contributed by atoms with van der Waals surface area (Å²) in [6.07, 6.45) is 12.3. The average Bonchev–Trinajstić information content (AvgIpc) is 3.07. The first-order valence-electron chi connectivity index (χ1n) is 14.5. The lowest BCUT2D eigenvalue weighted by Crippen LogP contribution is -2.00. The van der Waals surface area contributed by atoms with E-state index in [0.717, 1.165) is 50.1 Å². The van der Waals surface area contributed by atoms with Crippen LogP contribution in [0.5, 0.6) is 23.0 Å². The summed E-state index contributed by atoms with van der Waals surface area (Å²) in [6.45, 7) is 20.1. The lowest BCUT2D eigenvalue weighted by atomic mass is 10.1. The number of hydrogen-bond donors (Lipinski definition) is 0. The van der Waals surface area contributed by atoms with E-state index in [-0.39, 0.29) is 22.3 Å². The van der Waals surface area contributed by atoms with Gasteiger partial charge in [-0.05, 0) is 63.1 Å². The molecule has 0 aromatic heterocycles. The Bertz CT molecular complexity index is 1540. The molecule has 0 N–H and O–H groups in total. The molecule has 0 fully saturated rings. The van der Waals surface area contributed by atoms with E-state index >= 15 is 0 Å². The van der Waals surface area contributed by atoms with Gasteiger partial charge in [-0.3, -0.25) is 0 Å². The Balaban J connectivity index is 2.39. The fourth-order valence-electron chi connectivity index (χ4n) is 3.03. The predicted octanol–water partition coefficient (Wildman–Crippen LogP) is 7.73. The minimum absolute atomic E-state index is 0.212. The van der Waals surface area contributed by atoms with Gasteiger partial charge in [0.05, 0.1) is 0 Å². The SMILES string of the molecule is C=C(C)C(=O)OC=COc1cc(C=Cc2cc(OC=COC(=O)C(=C)C)cc(OC=COC(=O)C(=C)C)c2)cc(OC=COC(=O)C(=C)C)c1. The van der Waals surface area contributed by atoms with E-state index in [1.807, 2.05) is 0 Å². The van der Waals surface area contributed by atoms with Crippen LogP contribution in [0.4, 0.5) is 0 Å². The molecule has 260 valence electrons. The van der Waals surface area contributed by atoms with Crippen molar-refractivity contribution in [1.29, 1.82) is 0 Å².